The van der Waals surface area contributed by atoms with Crippen molar-refractivity contribution in [3.63, 3.8) is 0 Å². The molecule has 0 spiro atoms. The van der Waals surface area contributed by atoms with E-state index in [0.29, 0.717) is 12.1 Å². The van der Waals surface area contributed by atoms with E-state index in [0.717, 1.165) is 10.6 Å². The second-order valence-corrected chi connectivity index (χ2v) is 10.0. The van der Waals surface area contributed by atoms with Crippen LogP contribution in [0.2, 0.25) is 5.02 Å². The fraction of sp³-hybridized carbons (Fsp3) is 0.346. The van der Waals surface area contributed by atoms with Crippen LogP contribution in [0.25, 0.3) is 11.1 Å². The molecule has 9 heteroatoms. The highest BCUT2D eigenvalue weighted by atomic mass is 35.5. The van der Waals surface area contributed by atoms with Crippen LogP contribution in [0.3, 0.4) is 0 Å². The molecule has 0 N–H and O–H groups in total. The monoisotopic (exact) mass is 510 g/mol. The topological polar surface area (TPSA) is 34.5 Å². The van der Waals surface area contributed by atoms with Crippen molar-refractivity contribution in [3.8, 4) is 17.0 Å². The molecule has 1 amide bonds. The van der Waals surface area contributed by atoms with Crippen LogP contribution in [0.5, 0.6) is 5.88 Å². The predicted octanol–water partition coefficient (Wildman–Crippen LogP) is 7.80. The SMILES string of the molecule is Cc1c(-c2ccc(Cl)c(F)c2)c(OC(=O)N(C)CC(C)(C)C)n(Cc2ccccc2)c1C(F)(F)F. The Kier molecular flexibility index (Phi) is 7.55. The molecule has 1 aromatic heterocycles. The third-order valence-corrected chi connectivity index (χ3v) is 5.63. The van der Waals surface area contributed by atoms with Gasteiger partial charge >= 0.3 is 12.3 Å². The highest BCUT2D eigenvalue weighted by molar-refractivity contribution is 6.30. The van der Waals surface area contributed by atoms with Gasteiger partial charge in [-0.25, -0.2) is 9.18 Å². The van der Waals surface area contributed by atoms with Crippen LogP contribution < -0.4 is 4.74 Å². The second kappa shape index (κ2) is 9.93. The second-order valence-electron chi connectivity index (χ2n) is 9.64. The predicted molar refractivity (Wildman–Crippen MR) is 128 cm³/mol. The number of carbonyl (C=O) groups is 1. The van der Waals surface area contributed by atoms with Gasteiger partial charge < -0.3 is 14.2 Å². The lowest BCUT2D eigenvalue weighted by atomic mass is 9.96. The Morgan fingerprint density at radius 1 is 1.09 bits per heavy atom. The molecule has 0 fully saturated rings. The molecule has 188 valence electrons. The zero-order chi connectivity index (χ0) is 26.1. The van der Waals surface area contributed by atoms with E-state index in [-0.39, 0.29) is 39.6 Å². The molecule has 0 saturated carbocycles. The maximum Gasteiger partial charge on any atom is 0.431 e. The first-order valence-corrected chi connectivity index (χ1v) is 11.3. The van der Waals surface area contributed by atoms with E-state index in [1.807, 2.05) is 20.8 Å². The first kappa shape index (κ1) is 26.6. The van der Waals surface area contributed by atoms with Crippen molar-refractivity contribution < 1.29 is 27.1 Å². The average molecular weight is 511 g/mol. The first-order valence-electron chi connectivity index (χ1n) is 10.9. The van der Waals surface area contributed by atoms with Gasteiger partial charge in [0.1, 0.15) is 11.5 Å². The van der Waals surface area contributed by atoms with Crippen molar-refractivity contribution in [3.05, 3.63) is 76.2 Å². The lowest BCUT2D eigenvalue weighted by Crippen LogP contribution is -2.36. The third-order valence-electron chi connectivity index (χ3n) is 5.33. The molecule has 2 aromatic carbocycles. The van der Waals surface area contributed by atoms with E-state index >= 15 is 0 Å². The molecule has 0 atom stereocenters. The zero-order valence-corrected chi connectivity index (χ0v) is 20.9. The fourth-order valence-electron chi connectivity index (χ4n) is 4.03. The van der Waals surface area contributed by atoms with Crippen molar-refractivity contribution in [2.24, 2.45) is 5.41 Å². The molecular formula is C26H27ClF4N2O2. The molecule has 0 aliphatic rings. The summed E-state index contributed by atoms with van der Waals surface area (Å²) in [6.45, 7) is 7.13. The summed E-state index contributed by atoms with van der Waals surface area (Å²) in [6.07, 6.45) is -5.59. The zero-order valence-electron chi connectivity index (χ0n) is 20.1. The quantitative estimate of drug-likeness (QED) is 0.328. The van der Waals surface area contributed by atoms with Crippen LogP contribution in [0.4, 0.5) is 22.4 Å². The summed E-state index contributed by atoms with van der Waals surface area (Å²) < 4.78 is 63.8. The summed E-state index contributed by atoms with van der Waals surface area (Å²) in [5.41, 5.74) is -0.773. The fourth-order valence-corrected chi connectivity index (χ4v) is 4.15. The Bertz CT molecular complexity index is 1210. The minimum atomic E-state index is -4.76. The molecule has 1 heterocycles. The number of ether oxygens (including phenoxy) is 1. The Morgan fingerprint density at radius 3 is 2.26 bits per heavy atom. The van der Waals surface area contributed by atoms with Gasteiger partial charge in [-0.15, -0.1) is 0 Å². The first-order chi connectivity index (χ1) is 16.2. The summed E-state index contributed by atoms with van der Waals surface area (Å²) >= 11 is 5.80. The van der Waals surface area contributed by atoms with E-state index in [1.165, 1.54) is 31.0 Å². The minimum Gasteiger partial charge on any atom is -0.392 e. The standard InChI is InChI=1S/C26H27ClF4N2O2/c1-16-21(18-11-12-19(27)20(28)13-18)23(35-24(34)32(5)15-25(2,3)4)33(22(16)26(29,30)31)14-17-9-7-6-8-10-17/h6-13H,14-15H2,1-5H3. The van der Waals surface area contributed by atoms with Crippen molar-refractivity contribution in [1.82, 2.24) is 9.47 Å². The van der Waals surface area contributed by atoms with Gasteiger partial charge in [0.05, 0.1) is 11.6 Å². The highest BCUT2D eigenvalue weighted by Crippen LogP contribution is 2.45. The number of amides is 1. The molecule has 3 rings (SSSR count). The van der Waals surface area contributed by atoms with Crippen LogP contribution in [-0.4, -0.2) is 29.2 Å². The van der Waals surface area contributed by atoms with Gasteiger partial charge in [0.25, 0.3) is 0 Å². The van der Waals surface area contributed by atoms with Crippen molar-refractivity contribution in [2.75, 3.05) is 13.6 Å². The Morgan fingerprint density at radius 2 is 1.71 bits per heavy atom. The van der Waals surface area contributed by atoms with Crippen LogP contribution in [0, 0.1) is 18.2 Å². The number of alkyl halides is 3. The molecule has 35 heavy (non-hydrogen) atoms. The molecule has 0 unspecified atom stereocenters. The van der Waals surface area contributed by atoms with Gasteiger partial charge in [0, 0.05) is 19.2 Å². The molecule has 0 radical (unpaired) electrons. The Hall–Kier alpha value is -3.00. The summed E-state index contributed by atoms with van der Waals surface area (Å²) in [5.74, 6) is -1.11. The van der Waals surface area contributed by atoms with Gasteiger partial charge in [-0.1, -0.05) is 68.8 Å². The minimum absolute atomic E-state index is 0.0265. The van der Waals surface area contributed by atoms with E-state index in [9.17, 15) is 22.4 Å². The van der Waals surface area contributed by atoms with E-state index < -0.39 is 23.8 Å². The molecule has 4 nitrogen and oxygen atoms in total. The lowest BCUT2D eigenvalue weighted by Gasteiger charge is -2.26. The molecule has 0 aliphatic heterocycles. The molecule has 0 saturated heterocycles. The van der Waals surface area contributed by atoms with Gasteiger partial charge in [0.2, 0.25) is 5.88 Å². The average Bonchev–Trinajstić information content (AvgIpc) is 3.00. The van der Waals surface area contributed by atoms with Crippen molar-refractivity contribution in [2.45, 2.75) is 40.4 Å². The number of rotatable bonds is 5. The maximum atomic E-state index is 14.3. The normalized spacial score (nSPS) is 12.1. The van der Waals surface area contributed by atoms with Gasteiger partial charge in [-0.05, 0) is 41.2 Å². The van der Waals surface area contributed by atoms with E-state index in [4.69, 9.17) is 16.3 Å². The largest absolute Gasteiger partial charge is 0.431 e. The molecule has 0 aliphatic carbocycles. The van der Waals surface area contributed by atoms with Crippen molar-refractivity contribution >= 4 is 17.7 Å². The van der Waals surface area contributed by atoms with Crippen LogP contribution in [-0.2, 0) is 12.7 Å². The van der Waals surface area contributed by atoms with Crippen molar-refractivity contribution in [1.29, 1.82) is 0 Å². The number of carbonyl (C=O) groups excluding carboxylic acids is 1. The van der Waals surface area contributed by atoms with Gasteiger partial charge in [0.15, 0.2) is 0 Å². The number of benzene rings is 2. The summed E-state index contributed by atoms with van der Waals surface area (Å²) in [5, 5.41) is -0.172. The molecule has 3 aromatic rings. The number of hydrogen-bond acceptors (Lipinski definition) is 2. The Balaban J connectivity index is 2.25. The van der Waals surface area contributed by atoms with Crippen LogP contribution in [0.15, 0.2) is 48.5 Å². The highest BCUT2D eigenvalue weighted by Gasteiger charge is 2.41. The maximum absolute atomic E-state index is 14.3. The summed E-state index contributed by atoms with van der Waals surface area (Å²) in [4.78, 5) is 14.3. The number of nitrogens with zero attached hydrogens (tertiary/aromatic N) is 2. The molecular weight excluding hydrogens is 484 g/mol. The van der Waals surface area contributed by atoms with Gasteiger partial charge in [-0.2, -0.15) is 13.2 Å². The lowest BCUT2D eigenvalue weighted by molar-refractivity contribution is -0.144. The number of aromatic nitrogens is 1. The van der Waals surface area contributed by atoms with E-state index in [1.54, 1.807) is 30.3 Å². The number of hydrogen-bond donors (Lipinski definition) is 0. The summed E-state index contributed by atoms with van der Waals surface area (Å²) in [6, 6.07) is 12.2. The third kappa shape index (κ3) is 6.17. The van der Waals surface area contributed by atoms with Gasteiger partial charge in [-0.3, -0.25) is 0 Å². The van der Waals surface area contributed by atoms with E-state index in [2.05, 4.69) is 0 Å². The summed E-state index contributed by atoms with van der Waals surface area (Å²) in [7, 11) is 1.51. The molecule has 0 bridgehead atoms. The Labute approximate surface area is 207 Å². The van der Waals surface area contributed by atoms with Crippen LogP contribution in [0.1, 0.15) is 37.6 Å². The smallest absolute Gasteiger partial charge is 0.392 e. The number of halogens is 5. The van der Waals surface area contributed by atoms with Crippen LogP contribution >= 0.6 is 11.6 Å².